The van der Waals surface area contributed by atoms with E-state index in [1.54, 1.807) is 7.11 Å². The molecule has 4 heteroatoms. The van der Waals surface area contributed by atoms with Crippen molar-refractivity contribution in [2.24, 2.45) is 0 Å². The Morgan fingerprint density at radius 1 is 1.41 bits per heavy atom. The summed E-state index contributed by atoms with van der Waals surface area (Å²) in [6.07, 6.45) is 2.58. The summed E-state index contributed by atoms with van der Waals surface area (Å²) in [7, 11) is 1.64. The average molecular weight is 232 g/mol. The van der Waals surface area contributed by atoms with Crippen LogP contribution in [-0.4, -0.2) is 28.6 Å². The summed E-state index contributed by atoms with van der Waals surface area (Å²) in [6, 6.07) is 7.72. The summed E-state index contributed by atoms with van der Waals surface area (Å²) < 4.78 is 6.99. The van der Waals surface area contributed by atoms with Crippen molar-refractivity contribution in [1.29, 1.82) is 0 Å². The first-order chi connectivity index (χ1) is 8.24. The predicted octanol–water partition coefficient (Wildman–Crippen LogP) is 1.72. The summed E-state index contributed by atoms with van der Waals surface area (Å²) in [6.45, 7) is 2.09. The number of hydrogen-bond donors (Lipinski definition) is 1. The zero-order valence-corrected chi connectivity index (χ0v) is 10.1. The third kappa shape index (κ3) is 2.47. The lowest BCUT2D eigenvalue weighted by Crippen LogP contribution is -1.95. The van der Waals surface area contributed by atoms with Gasteiger partial charge >= 0.3 is 0 Å². The molecule has 0 amide bonds. The first kappa shape index (κ1) is 11.7. The molecule has 0 fully saturated rings. The molecule has 90 valence electrons. The van der Waals surface area contributed by atoms with Gasteiger partial charge in [0.1, 0.15) is 5.75 Å². The van der Waals surface area contributed by atoms with Gasteiger partial charge in [0.15, 0.2) is 0 Å². The van der Waals surface area contributed by atoms with Gasteiger partial charge in [-0.3, -0.25) is 0 Å². The zero-order valence-electron chi connectivity index (χ0n) is 10.1. The lowest BCUT2D eigenvalue weighted by atomic mass is 10.2. The third-order valence-electron chi connectivity index (χ3n) is 2.70. The van der Waals surface area contributed by atoms with E-state index in [1.165, 1.54) is 0 Å². The van der Waals surface area contributed by atoms with Crippen molar-refractivity contribution in [3.63, 3.8) is 0 Å². The maximum atomic E-state index is 8.95. The van der Waals surface area contributed by atoms with Crippen LogP contribution in [0.25, 0.3) is 5.69 Å². The second-order valence-electron chi connectivity index (χ2n) is 3.86. The van der Waals surface area contributed by atoms with E-state index in [2.05, 4.69) is 5.10 Å². The van der Waals surface area contributed by atoms with E-state index in [-0.39, 0.29) is 6.61 Å². The van der Waals surface area contributed by atoms with Gasteiger partial charge in [0.05, 0.1) is 18.5 Å². The van der Waals surface area contributed by atoms with Gasteiger partial charge in [0.2, 0.25) is 0 Å². The number of aromatic nitrogens is 2. The Morgan fingerprint density at radius 3 is 2.94 bits per heavy atom. The number of aryl methyl sites for hydroxylation is 1. The smallest absolute Gasteiger partial charge is 0.121 e. The minimum atomic E-state index is 0.143. The molecule has 4 nitrogen and oxygen atoms in total. The van der Waals surface area contributed by atoms with Gasteiger partial charge in [-0.25, -0.2) is 4.68 Å². The molecule has 1 N–H and O–H groups in total. The molecule has 0 saturated carbocycles. The van der Waals surface area contributed by atoms with Gasteiger partial charge in [0, 0.05) is 18.9 Å². The van der Waals surface area contributed by atoms with E-state index >= 15 is 0 Å². The van der Waals surface area contributed by atoms with Crippen molar-refractivity contribution in [1.82, 2.24) is 9.78 Å². The van der Waals surface area contributed by atoms with E-state index in [4.69, 9.17) is 9.84 Å². The fraction of sp³-hybridized carbons (Fsp3) is 0.308. The highest BCUT2D eigenvalue weighted by molar-refractivity contribution is 5.39. The van der Waals surface area contributed by atoms with Crippen molar-refractivity contribution in [2.75, 3.05) is 13.7 Å². The van der Waals surface area contributed by atoms with Crippen LogP contribution in [0, 0.1) is 6.92 Å². The summed E-state index contributed by atoms with van der Waals surface area (Å²) >= 11 is 0. The molecule has 0 aliphatic carbocycles. The largest absolute Gasteiger partial charge is 0.497 e. The Bertz CT molecular complexity index is 506. The van der Waals surface area contributed by atoms with Crippen molar-refractivity contribution < 1.29 is 9.84 Å². The number of aliphatic hydroxyl groups is 1. The standard InChI is InChI=1S/C13H16N2O2/c1-10-11(6-7-16)9-15(14-10)12-4-3-5-13(8-12)17-2/h3-5,8-9,16H,6-7H2,1-2H3. The molecule has 0 spiro atoms. The SMILES string of the molecule is COc1cccc(-n2cc(CCO)c(C)n2)c1. The van der Waals surface area contributed by atoms with Crippen LogP contribution < -0.4 is 4.74 Å². The van der Waals surface area contributed by atoms with Crippen LogP contribution in [-0.2, 0) is 6.42 Å². The highest BCUT2D eigenvalue weighted by Gasteiger charge is 2.06. The summed E-state index contributed by atoms with van der Waals surface area (Å²) in [5, 5.41) is 13.4. The van der Waals surface area contributed by atoms with Crippen LogP contribution in [0.1, 0.15) is 11.3 Å². The molecule has 0 atom stereocenters. The van der Waals surface area contributed by atoms with Gasteiger partial charge in [0.25, 0.3) is 0 Å². The fourth-order valence-electron chi connectivity index (χ4n) is 1.75. The number of ether oxygens (including phenoxy) is 1. The normalized spacial score (nSPS) is 10.5. The van der Waals surface area contributed by atoms with E-state index < -0.39 is 0 Å². The highest BCUT2D eigenvalue weighted by atomic mass is 16.5. The number of methoxy groups -OCH3 is 1. The molecular formula is C13H16N2O2. The Labute approximate surface area is 100 Å². The minimum Gasteiger partial charge on any atom is -0.497 e. The average Bonchev–Trinajstić information content (AvgIpc) is 2.72. The van der Waals surface area contributed by atoms with Gasteiger partial charge < -0.3 is 9.84 Å². The maximum Gasteiger partial charge on any atom is 0.121 e. The summed E-state index contributed by atoms with van der Waals surface area (Å²) in [5.41, 5.74) is 2.97. The lowest BCUT2D eigenvalue weighted by molar-refractivity contribution is 0.299. The van der Waals surface area contributed by atoms with Crippen molar-refractivity contribution >= 4 is 0 Å². The number of rotatable bonds is 4. The molecule has 1 heterocycles. The topological polar surface area (TPSA) is 47.3 Å². The molecule has 0 saturated heterocycles. The third-order valence-corrected chi connectivity index (χ3v) is 2.70. The molecule has 0 bridgehead atoms. The first-order valence-electron chi connectivity index (χ1n) is 5.55. The zero-order chi connectivity index (χ0) is 12.3. The van der Waals surface area contributed by atoms with Crippen molar-refractivity contribution in [3.8, 4) is 11.4 Å². The first-order valence-corrected chi connectivity index (χ1v) is 5.55. The van der Waals surface area contributed by atoms with Gasteiger partial charge in [-0.1, -0.05) is 6.07 Å². The van der Waals surface area contributed by atoms with E-state index in [0.717, 1.165) is 22.7 Å². The quantitative estimate of drug-likeness (QED) is 0.873. The second kappa shape index (κ2) is 5.01. The number of hydrogen-bond acceptors (Lipinski definition) is 3. The van der Waals surface area contributed by atoms with Crippen LogP contribution >= 0.6 is 0 Å². The molecule has 0 aliphatic heterocycles. The number of benzene rings is 1. The van der Waals surface area contributed by atoms with Crippen LogP contribution in [0.2, 0.25) is 0 Å². The molecule has 1 aromatic heterocycles. The Balaban J connectivity index is 2.35. The molecule has 0 radical (unpaired) electrons. The Morgan fingerprint density at radius 2 is 2.24 bits per heavy atom. The molecule has 17 heavy (non-hydrogen) atoms. The molecule has 0 aliphatic rings. The number of aliphatic hydroxyl groups excluding tert-OH is 1. The summed E-state index contributed by atoms with van der Waals surface area (Å²) in [5.74, 6) is 0.805. The van der Waals surface area contributed by atoms with Crippen LogP contribution in [0.15, 0.2) is 30.5 Å². The molecule has 0 unspecified atom stereocenters. The highest BCUT2D eigenvalue weighted by Crippen LogP contribution is 2.17. The van der Waals surface area contributed by atoms with E-state index in [9.17, 15) is 0 Å². The maximum absolute atomic E-state index is 8.95. The van der Waals surface area contributed by atoms with Gasteiger partial charge in [-0.05, 0) is 31.0 Å². The molecule has 1 aromatic carbocycles. The fourth-order valence-corrected chi connectivity index (χ4v) is 1.75. The van der Waals surface area contributed by atoms with Crippen LogP contribution in [0.4, 0.5) is 0 Å². The second-order valence-corrected chi connectivity index (χ2v) is 3.86. The monoisotopic (exact) mass is 232 g/mol. The lowest BCUT2D eigenvalue weighted by Gasteiger charge is -2.03. The Kier molecular flexibility index (Phi) is 3.44. The molecule has 2 rings (SSSR count). The van der Waals surface area contributed by atoms with Crippen molar-refractivity contribution in [3.05, 3.63) is 41.7 Å². The van der Waals surface area contributed by atoms with Crippen LogP contribution in [0.3, 0.4) is 0 Å². The summed E-state index contributed by atoms with van der Waals surface area (Å²) in [4.78, 5) is 0. The van der Waals surface area contributed by atoms with E-state index in [0.29, 0.717) is 6.42 Å². The van der Waals surface area contributed by atoms with Crippen LogP contribution in [0.5, 0.6) is 5.75 Å². The predicted molar refractivity (Wildman–Crippen MR) is 65.6 cm³/mol. The molecular weight excluding hydrogens is 216 g/mol. The van der Waals surface area contributed by atoms with Crippen molar-refractivity contribution in [2.45, 2.75) is 13.3 Å². The molecule has 2 aromatic rings. The van der Waals surface area contributed by atoms with E-state index in [1.807, 2.05) is 42.1 Å². The van der Waals surface area contributed by atoms with Gasteiger partial charge in [-0.15, -0.1) is 0 Å². The minimum absolute atomic E-state index is 0.143. The number of nitrogens with zero attached hydrogens (tertiary/aromatic N) is 2. The Hall–Kier alpha value is -1.81. The van der Waals surface area contributed by atoms with Gasteiger partial charge in [-0.2, -0.15) is 5.10 Å².